The Kier molecular flexibility index (Phi) is 9.27. The third-order valence-electron chi connectivity index (χ3n) is 6.50. The number of amides is 1. The standard InChI is InChI=1S/C25H19Cl2FN6O2.C2HF3O2/c26-19-11-21-24(35)31-14-17(34(21)23(19)27)9-15-1-3-20(28)18(10-15)25(36)33-7-5-32(6-8-33)22-4-2-16(12-29)13-30-22;3-2(4,5)1(6)7/h1-4,10-11,13-14H,5-9H2,(H,31,35);(H,6,7). The largest absolute Gasteiger partial charge is 0.542 e. The van der Waals surface area contributed by atoms with Gasteiger partial charge in [0.1, 0.15) is 47.8 Å². The number of piperazine rings is 1. The van der Waals surface area contributed by atoms with Gasteiger partial charge < -0.3 is 19.8 Å². The number of carboxylic acids is 1. The van der Waals surface area contributed by atoms with Crippen molar-refractivity contribution in [2.75, 3.05) is 31.1 Å². The highest BCUT2D eigenvalue weighted by atomic mass is 35.5. The van der Waals surface area contributed by atoms with E-state index in [1.165, 1.54) is 24.4 Å². The number of aromatic nitrogens is 3. The van der Waals surface area contributed by atoms with Gasteiger partial charge in [0.05, 0.1) is 29.2 Å². The number of anilines is 1. The summed E-state index contributed by atoms with van der Waals surface area (Å²) in [6.07, 6.45) is -1.73. The summed E-state index contributed by atoms with van der Waals surface area (Å²) >= 11 is 12.4. The highest BCUT2D eigenvalue weighted by Crippen LogP contribution is 2.27. The Hall–Kier alpha value is -4.61. The second-order valence-electron chi connectivity index (χ2n) is 9.24. The van der Waals surface area contributed by atoms with Crippen molar-refractivity contribution in [1.82, 2.24) is 14.3 Å². The van der Waals surface area contributed by atoms with Crippen molar-refractivity contribution in [3.63, 3.8) is 0 Å². The molecule has 5 rings (SSSR count). The molecule has 224 valence electrons. The highest BCUT2D eigenvalue weighted by molar-refractivity contribution is 6.42. The number of carbonyl (C=O) groups is 2. The maximum Gasteiger partial charge on any atom is 0.430 e. The van der Waals surface area contributed by atoms with Gasteiger partial charge in [-0.2, -0.15) is 18.4 Å². The number of hydrogen-bond donors (Lipinski definition) is 1. The van der Waals surface area contributed by atoms with Crippen LogP contribution in [0.5, 0.6) is 0 Å². The molecule has 1 amide bonds. The topological polar surface area (TPSA) is 139 Å². The molecule has 1 aromatic carbocycles. The predicted octanol–water partition coefficient (Wildman–Crippen LogP) is 2.61. The van der Waals surface area contributed by atoms with Crippen LogP contribution in [0.4, 0.5) is 23.4 Å². The van der Waals surface area contributed by atoms with E-state index >= 15 is 0 Å². The number of nitrogens with one attached hydrogen (secondary N) is 2. The number of hydrogen-bond acceptors (Lipinski definition) is 6. The van der Waals surface area contributed by atoms with Crippen molar-refractivity contribution in [2.24, 2.45) is 0 Å². The lowest BCUT2D eigenvalue weighted by atomic mass is 10.0. The number of nitriles is 1. The average molecular weight is 639 g/mol. The first-order valence-corrected chi connectivity index (χ1v) is 13.2. The molecule has 1 fully saturated rings. The van der Waals surface area contributed by atoms with Gasteiger partial charge in [-0.05, 0) is 29.8 Å². The van der Waals surface area contributed by atoms with E-state index in [1.54, 1.807) is 27.6 Å². The monoisotopic (exact) mass is 638 g/mol. The fraction of sp³-hybridized carbons (Fsp3) is 0.222. The smallest absolute Gasteiger partial charge is 0.430 e. The Morgan fingerprint density at radius 3 is 2.35 bits per heavy atom. The molecule has 1 saturated heterocycles. The Balaban J connectivity index is 0.000000541. The summed E-state index contributed by atoms with van der Waals surface area (Å²) in [6, 6.07) is 11.5. The van der Waals surface area contributed by atoms with E-state index in [0.717, 1.165) is 5.82 Å². The maximum absolute atomic E-state index is 14.7. The number of carboxylic acid groups (broad SMARTS) is 1. The molecule has 1 aliphatic rings. The molecule has 16 heteroatoms. The zero-order valence-corrected chi connectivity index (χ0v) is 23.4. The van der Waals surface area contributed by atoms with Crippen LogP contribution in [-0.4, -0.2) is 58.5 Å². The minimum absolute atomic E-state index is 0.0109. The van der Waals surface area contributed by atoms with Gasteiger partial charge in [-0.15, -0.1) is 0 Å². The van der Waals surface area contributed by atoms with E-state index in [-0.39, 0.29) is 27.2 Å². The first-order valence-electron chi connectivity index (χ1n) is 12.4. The fourth-order valence-electron chi connectivity index (χ4n) is 4.38. The average Bonchev–Trinajstić information content (AvgIpc) is 3.29. The predicted molar refractivity (Wildman–Crippen MR) is 144 cm³/mol. The van der Waals surface area contributed by atoms with Crippen molar-refractivity contribution in [2.45, 2.75) is 12.6 Å². The molecule has 10 nitrogen and oxygen atoms in total. The summed E-state index contributed by atoms with van der Waals surface area (Å²) in [5, 5.41) is 18.2. The lowest BCUT2D eigenvalue weighted by Crippen LogP contribution is -2.50. The molecular weight excluding hydrogens is 619 g/mol. The molecule has 4 heterocycles. The molecule has 0 unspecified atom stereocenters. The van der Waals surface area contributed by atoms with Crippen molar-refractivity contribution in [3.05, 3.63) is 97.5 Å². The van der Waals surface area contributed by atoms with Gasteiger partial charge in [0.15, 0.2) is 0 Å². The summed E-state index contributed by atoms with van der Waals surface area (Å²) in [6.45, 7) is 1.98. The van der Waals surface area contributed by atoms with E-state index in [2.05, 4.69) is 20.9 Å². The Labute approximate surface area is 250 Å². The van der Waals surface area contributed by atoms with E-state index in [1.807, 2.05) is 6.07 Å². The van der Waals surface area contributed by atoms with Crippen molar-refractivity contribution < 1.29 is 37.2 Å². The Morgan fingerprint density at radius 2 is 1.77 bits per heavy atom. The molecule has 0 radical (unpaired) electrons. The third kappa shape index (κ3) is 7.07. The van der Waals surface area contributed by atoms with Crippen molar-refractivity contribution >= 4 is 46.4 Å². The first kappa shape index (κ1) is 31.3. The number of benzene rings is 1. The van der Waals surface area contributed by atoms with E-state index in [0.29, 0.717) is 54.9 Å². The number of rotatable bonds is 4. The number of carbonyl (C=O) groups excluding carboxylic acids is 2. The number of H-pyrrole nitrogens is 2. The first-order chi connectivity index (χ1) is 20.3. The summed E-state index contributed by atoms with van der Waals surface area (Å²) in [7, 11) is 0. The van der Waals surface area contributed by atoms with Crippen LogP contribution >= 0.6 is 23.2 Å². The van der Waals surface area contributed by atoms with Crippen LogP contribution in [0.15, 0.2) is 53.6 Å². The summed E-state index contributed by atoms with van der Waals surface area (Å²) in [5.74, 6) is -3.13. The van der Waals surface area contributed by atoms with Crippen LogP contribution in [0.1, 0.15) is 27.2 Å². The molecule has 43 heavy (non-hydrogen) atoms. The zero-order valence-electron chi connectivity index (χ0n) is 21.8. The van der Waals surface area contributed by atoms with Crippen LogP contribution in [0.3, 0.4) is 0 Å². The quantitative estimate of drug-likeness (QED) is 0.341. The second-order valence-corrected chi connectivity index (χ2v) is 10.0. The molecule has 1 aliphatic heterocycles. The molecular formula is C27H20Cl2F4N6O4. The van der Waals surface area contributed by atoms with Crippen LogP contribution < -0.4 is 20.5 Å². The van der Waals surface area contributed by atoms with Crippen molar-refractivity contribution in [3.8, 4) is 6.07 Å². The number of aromatic amines is 2. The van der Waals surface area contributed by atoms with Gasteiger partial charge in [0.25, 0.3) is 17.3 Å². The number of fused-ring (bicyclic) bond motifs is 1. The highest BCUT2D eigenvalue weighted by Gasteiger charge is 2.29. The van der Waals surface area contributed by atoms with Gasteiger partial charge in [0.2, 0.25) is 0 Å². The minimum Gasteiger partial charge on any atom is -0.542 e. The van der Waals surface area contributed by atoms with Gasteiger partial charge in [0, 0.05) is 24.4 Å². The molecule has 0 spiro atoms. The fourth-order valence-corrected chi connectivity index (χ4v) is 4.82. The van der Waals surface area contributed by atoms with E-state index < -0.39 is 18.0 Å². The normalized spacial score (nSPS) is 13.3. The van der Waals surface area contributed by atoms with Crippen LogP contribution in [0, 0.1) is 17.1 Å². The lowest BCUT2D eigenvalue weighted by Gasteiger charge is -2.31. The molecule has 0 saturated carbocycles. The van der Waals surface area contributed by atoms with Crippen LogP contribution in [0.2, 0.25) is 10.2 Å². The number of pyridine rings is 1. The molecule has 2 N–H and O–H groups in total. The van der Waals surface area contributed by atoms with Gasteiger partial charge in [-0.3, -0.25) is 18.9 Å². The molecule has 0 aliphatic carbocycles. The Morgan fingerprint density at radius 1 is 1.09 bits per heavy atom. The molecule has 0 bridgehead atoms. The van der Waals surface area contributed by atoms with Crippen molar-refractivity contribution in [1.29, 1.82) is 5.26 Å². The lowest BCUT2D eigenvalue weighted by molar-refractivity contribution is -0.364. The number of halogens is 6. The second kappa shape index (κ2) is 12.7. The van der Waals surface area contributed by atoms with Crippen LogP contribution in [0.25, 0.3) is 5.52 Å². The Bertz CT molecular complexity index is 1780. The van der Waals surface area contributed by atoms with Gasteiger partial charge in [-0.25, -0.2) is 9.37 Å². The number of nitrogens with zero attached hydrogens (tertiary/aromatic N) is 4. The minimum atomic E-state index is -5.19. The maximum atomic E-state index is 14.7. The van der Waals surface area contributed by atoms with Gasteiger partial charge in [-0.1, -0.05) is 29.3 Å². The van der Waals surface area contributed by atoms with E-state index in [4.69, 9.17) is 38.4 Å². The third-order valence-corrected chi connectivity index (χ3v) is 7.26. The molecule has 4 aromatic rings. The van der Waals surface area contributed by atoms with E-state index in [9.17, 15) is 27.2 Å². The molecule has 0 atom stereocenters. The SMILES string of the molecule is N#Cc1ccc(N2CCN(C(=O)c3cc(Cc4c[nH]c(=O)c5cc(Cl)c(Cl)n45)ccc3F)CC2)[nH+]c1.O=C([O-])C(F)(F)F. The number of alkyl halides is 3. The number of aliphatic carboxylic acids is 1. The molecule has 3 aromatic heterocycles. The zero-order chi connectivity index (χ0) is 31.5. The summed E-state index contributed by atoms with van der Waals surface area (Å²) in [4.78, 5) is 43.6. The summed E-state index contributed by atoms with van der Waals surface area (Å²) < 4.78 is 47.8. The van der Waals surface area contributed by atoms with Gasteiger partial charge >= 0.3 is 6.18 Å². The summed E-state index contributed by atoms with van der Waals surface area (Å²) in [5.41, 5.74) is 1.81. The van der Waals surface area contributed by atoms with Crippen LogP contribution in [-0.2, 0) is 11.2 Å².